The predicted octanol–water partition coefficient (Wildman–Crippen LogP) is 5.14. The molecule has 0 aliphatic carbocycles. The van der Waals surface area contributed by atoms with Crippen molar-refractivity contribution in [3.63, 3.8) is 0 Å². The van der Waals surface area contributed by atoms with Gasteiger partial charge in [-0.05, 0) is 65.8 Å². The van der Waals surface area contributed by atoms with Gasteiger partial charge in [-0.3, -0.25) is 0 Å². The third-order valence-corrected chi connectivity index (χ3v) is 5.10. The Morgan fingerprint density at radius 2 is 1.70 bits per heavy atom. The molecule has 2 aromatic rings. The van der Waals surface area contributed by atoms with Gasteiger partial charge in [0.1, 0.15) is 5.75 Å². The summed E-state index contributed by atoms with van der Waals surface area (Å²) in [5.74, 6) is 0.507. The highest BCUT2D eigenvalue weighted by atomic mass is 16.5. The van der Waals surface area contributed by atoms with Gasteiger partial charge in [0.05, 0.1) is 25.4 Å². The number of aliphatic hydroxyl groups is 2. The Morgan fingerprint density at radius 1 is 1.07 bits per heavy atom. The minimum absolute atomic E-state index is 0.236. The SMILES string of the molecule is Cc1cc([C@H](O)CC=C=C(C[C@@H](O)COCc2ccccc2)C(C)C)cc(C)c1O. The maximum Gasteiger partial charge on any atom is 0.121 e. The van der Waals surface area contributed by atoms with Crippen molar-refractivity contribution in [2.24, 2.45) is 5.92 Å². The van der Waals surface area contributed by atoms with Gasteiger partial charge >= 0.3 is 0 Å². The van der Waals surface area contributed by atoms with Crippen molar-refractivity contribution in [2.45, 2.75) is 59.4 Å². The van der Waals surface area contributed by atoms with Gasteiger partial charge in [-0.25, -0.2) is 0 Å². The first-order valence-corrected chi connectivity index (χ1v) is 10.5. The molecule has 0 aromatic heterocycles. The summed E-state index contributed by atoms with van der Waals surface area (Å²) >= 11 is 0. The average Bonchev–Trinajstić information content (AvgIpc) is 2.71. The van der Waals surface area contributed by atoms with Crippen LogP contribution in [0.25, 0.3) is 0 Å². The Kier molecular flexibility index (Phi) is 9.35. The molecule has 0 heterocycles. The zero-order valence-corrected chi connectivity index (χ0v) is 18.4. The number of hydrogen-bond donors (Lipinski definition) is 3. The van der Waals surface area contributed by atoms with Crippen molar-refractivity contribution in [1.82, 2.24) is 0 Å². The molecule has 0 unspecified atom stereocenters. The molecule has 2 atom stereocenters. The van der Waals surface area contributed by atoms with Gasteiger partial charge in [0.2, 0.25) is 0 Å². The van der Waals surface area contributed by atoms with Crippen LogP contribution >= 0.6 is 0 Å². The second-order valence-corrected chi connectivity index (χ2v) is 8.14. The summed E-state index contributed by atoms with van der Waals surface area (Å²) in [5.41, 5.74) is 7.63. The maximum atomic E-state index is 10.5. The van der Waals surface area contributed by atoms with Crippen LogP contribution in [-0.2, 0) is 11.3 Å². The van der Waals surface area contributed by atoms with Crippen LogP contribution in [0.3, 0.4) is 0 Å². The Hall–Kier alpha value is -2.36. The Balaban J connectivity index is 1.93. The Bertz CT molecular complexity index is 841. The van der Waals surface area contributed by atoms with E-state index in [9.17, 15) is 15.3 Å². The van der Waals surface area contributed by atoms with Crippen molar-refractivity contribution < 1.29 is 20.1 Å². The van der Waals surface area contributed by atoms with Gasteiger partial charge in [-0.15, -0.1) is 5.73 Å². The largest absolute Gasteiger partial charge is 0.507 e. The third-order valence-electron chi connectivity index (χ3n) is 5.10. The van der Waals surface area contributed by atoms with E-state index in [-0.39, 0.29) is 18.3 Å². The molecule has 4 nitrogen and oxygen atoms in total. The molecule has 0 fully saturated rings. The molecule has 0 aliphatic heterocycles. The molecule has 0 aliphatic rings. The van der Waals surface area contributed by atoms with E-state index in [1.807, 2.05) is 62.4 Å². The van der Waals surface area contributed by atoms with Crippen LogP contribution in [0.1, 0.15) is 55.0 Å². The van der Waals surface area contributed by atoms with Crippen molar-refractivity contribution in [1.29, 1.82) is 0 Å². The second-order valence-electron chi connectivity index (χ2n) is 8.14. The highest BCUT2D eigenvalue weighted by Gasteiger charge is 2.12. The zero-order chi connectivity index (χ0) is 22.1. The van der Waals surface area contributed by atoms with Gasteiger partial charge in [-0.2, -0.15) is 0 Å². The van der Waals surface area contributed by atoms with E-state index >= 15 is 0 Å². The lowest BCUT2D eigenvalue weighted by molar-refractivity contribution is 0.0280. The predicted molar refractivity (Wildman–Crippen MR) is 120 cm³/mol. The monoisotopic (exact) mass is 410 g/mol. The molecule has 0 amide bonds. The normalized spacial score (nSPS) is 13.0. The number of ether oxygens (including phenoxy) is 1. The van der Waals surface area contributed by atoms with Gasteiger partial charge in [-0.1, -0.05) is 44.2 Å². The van der Waals surface area contributed by atoms with Crippen LogP contribution in [0.2, 0.25) is 0 Å². The van der Waals surface area contributed by atoms with Gasteiger partial charge in [0.25, 0.3) is 0 Å². The average molecular weight is 411 g/mol. The van der Waals surface area contributed by atoms with Gasteiger partial charge in [0, 0.05) is 12.8 Å². The lowest BCUT2D eigenvalue weighted by Crippen LogP contribution is -2.17. The fourth-order valence-electron chi connectivity index (χ4n) is 3.28. The molecule has 0 saturated carbocycles. The molecule has 0 spiro atoms. The number of aliphatic hydroxyl groups excluding tert-OH is 2. The first-order chi connectivity index (χ1) is 14.3. The maximum absolute atomic E-state index is 10.5. The van der Waals surface area contributed by atoms with Crippen LogP contribution in [0, 0.1) is 19.8 Å². The smallest absolute Gasteiger partial charge is 0.121 e. The second kappa shape index (κ2) is 11.7. The number of hydrogen-bond acceptors (Lipinski definition) is 4. The van der Waals surface area contributed by atoms with Crippen molar-refractivity contribution in [3.8, 4) is 5.75 Å². The standard InChI is InChI=1S/C26H34O4/c1-18(2)22(15-24(27)17-30-16-21-9-6-5-7-10-21)11-8-12-25(28)23-13-19(3)26(29)20(4)14-23/h5-10,13-14,18,24-25,27-29H,12,15-17H2,1-4H3/t11?,24-,25-/m1/s1. The fraction of sp³-hybridized carbons (Fsp3) is 0.423. The topological polar surface area (TPSA) is 69.9 Å². The lowest BCUT2D eigenvalue weighted by atomic mass is 9.97. The molecule has 0 saturated heterocycles. The van der Waals surface area contributed by atoms with Gasteiger partial charge in [0.15, 0.2) is 0 Å². The summed E-state index contributed by atoms with van der Waals surface area (Å²) in [6.07, 6.45) is 1.47. The first kappa shape index (κ1) is 23.9. The van der Waals surface area contributed by atoms with Crippen molar-refractivity contribution >= 4 is 0 Å². The molecule has 30 heavy (non-hydrogen) atoms. The summed E-state index contributed by atoms with van der Waals surface area (Å²) < 4.78 is 5.63. The van der Waals surface area contributed by atoms with Crippen LogP contribution in [-0.4, -0.2) is 28.0 Å². The summed E-state index contributed by atoms with van der Waals surface area (Å²) in [4.78, 5) is 0. The molecule has 0 radical (unpaired) electrons. The van der Waals surface area contributed by atoms with E-state index in [4.69, 9.17) is 4.74 Å². The van der Waals surface area contributed by atoms with E-state index in [1.54, 1.807) is 0 Å². The van der Waals surface area contributed by atoms with E-state index < -0.39 is 12.2 Å². The molecule has 162 valence electrons. The molecule has 3 N–H and O–H groups in total. The summed E-state index contributed by atoms with van der Waals surface area (Å²) in [6.45, 7) is 8.53. The summed E-state index contributed by atoms with van der Waals surface area (Å²) in [6, 6.07) is 13.5. The fourth-order valence-corrected chi connectivity index (χ4v) is 3.28. The Morgan fingerprint density at radius 3 is 2.30 bits per heavy atom. The van der Waals surface area contributed by atoms with Crippen LogP contribution in [0.5, 0.6) is 5.75 Å². The van der Waals surface area contributed by atoms with Crippen LogP contribution in [0.15, 0.2) is 59.8 Å². The number of aryl methyl sites for hydroxylation is 2. The lowest BCUT2D eigenvalue weighted by Gasteiger charge is -2.15. The molecule has 0 bridgehead atoms. The minimum atomic E-state index is -0.664. The zero-order valence-electron chi connectivity index (χ0n) is 18.4. The minimum Gasteiger partial charge on any atom is -0.507 e. The molecule has 2 rings (SSSR count). The molecular weight excluding hydrogens is 376 g/mol. The number of phenolic OH excluding ortho intramolecular Hbond substituents is 1. The van der Waals surface area contributed by atoms with E-state index in [0.29, 0.717) is 19.4 Å². The number of aromatic hydroxyl groups is 1. The first-order valence-electron chi connectivity index (χ1n) is 10.5. The van der Waals surface area contributed by atoms with Crippen molar-refractivity contribution in [3.05, 3.63) is 82.1 Å². The van der Waals surface area contributed by atoms with E-state index in [0.717, 1.165) is 27.8 Å². The summed E-state index contributed by atoms with van der Waals surface area (Å²) in [5, 5.41) is 30.7. The molecular formula is C26H34O4. The highest BCUT2D eigenvalue weighted by Crippen LogP contribution is 2.27. The highest BCUT2D eigenvalue weighted by molar-refractivity contribution is 5.42. The molecule has 2 aromatic carbocycles. The quantitative estimate of drug-likeness (QED) is 0.475. The Labute approximate surface area is 180 Å². The van der Waals surface area contributed by atoms with Crippen LogP contribution in [0.4, 0.5) is 0 Å². The molecule has 4 heteroatoms. The third kappa shape index (κ3) is 7.47. The number of rotatable bonds is 10. The number of phenols is 1. The van der Waals surface area contributed by atoms with Crippen molar-refractivity contribution in [2.75, 3.05) is 6.61 Å². The van der Waals surface area contributed by atoms with E-state index in [2.05, 4.69) is 19.6 Å². The van der Waals surface area contributed by atoms with E-state index in [1.165, 1.54) is 0 Å². The van der Waals surface area contributed by atoms with Gasteiger partial charge < -0.3 is 20.1 Å². The van der Waals surface area contributed by atoms with Crippen LogP contribution < -0.4 is 0 Å². The number of benzene rings is 2. The summed E-state index contributed by atoms with van der Waals surface area (Å²) in [7, 11) is 0.